The normalized spacial score (nSPS) is 16.3. The molecule has 0 fully saturated rings. The Morgan fingerprint density at radius 3 is 2.78 bits per heavy atom. The number of Topliss-reactive ketones (excluding diaryl/α,β-unsaturated/α-hetero) is 1. The summed E-state index contributed by atoms with van der Waals surface area (Å²) in [5.41, 5.74) is 1.11. The van der Waals surface area contributed by atoms with E-state index in [1.165, 1.54) is 7.11 Å². The quantitative estimate of drug-likeness (QED) is 0.538. The third-order valence-corrected chi connectivity index (χ3v) is 4.97. The van der Waals surface area contributed by atoms with E-state index in [9.17, 15) is 19.6 Å². The van der Waals surface area contributed by atoms with Crippen LogP contribution < -0.4 is 10.1 Å². The highest BCUT2D eigenvalue weighted by Crippen LogP contribution is 2.39. The SMILES string of the molecule is CCOC(=O)CC(=O)CSC1=C(C#N)[C@@H](c2ccccc2OC)CC(=O)N1. The topological polar surface area (TPSA) is 105 Å². The number of hydrogen-bond donors (Lipinski definition) is 1. The number of nitriles is 1. The number of carbonyl (C=O) groups is 3. The fraction of sp³-hybridized carbons (Fsp3) is 0.368. The van der Waals surface area contributed by atoms with E-state index in [4.69, 9.17) is 9.47 Å². The summed E-state index contributed by atoms with van der Waals surface area (Å²) in [6.07, 6.45) is -0.218. The monoisotopic (exact) mass is 388 g/mol. The third kappa shape index (κ3) is 5.34. The van der Waals surface area contributed by atoms with Crippen molar-refractivity contribution in [2.45, 2.75) is 25.7 Å². The molecule has 0 bridgehead atoms. The summed E-state index contributed by atoms with van der Waals surface area (Å²) in [5, 5.41) is 12.6. The number of para-hydroxylation sites is 1. The van der Waals surface area contributed by atoms with Crippen LogP contribution in [0.15, 0.2) is 34.9 Å². The van der Waals surface area contributed by atoms with E-state index in [-0.39, 0.29) is 36.9 Å². The Morgan fingerprint density at radius 2 is 2.11 bits per heavy atom. The molecule has 142 valence electrons. The van der Waals surface area contributed by atoms with Gasteiger partial charge in [-0.05, 0) is 13.0 Å². The molecule has 1 aromatic carbocycles. The van der Waals surface area contributed by atoms with Crippen LogP contribution in [0.3, 0.4) is 0 Å². The Kier molecular flexibility index (Phi) is 7.44. The van der Waals surface area contributed by atoms with E-state index in [2.05, 4.69) is 11.4 Å². The van der Waals surface area contributed by atoms with Crippen LogP contribution in [0, 0.1) is 11.3 Å². The van der Waals surface area contributed by atoms with Gasteiger partial charge in [0.15, 0.2) is 5.78 Å². The van der Waals surface area contributed by atoms with Crippen LogP contribution >= 0.6 is 11.8 Å². The van der Waals surface area contributed by atoms with Crippen LogP contribution in [0.2, 0.25) is 0 Å². The molecule has 1 atom stereocenters. The summed E-state index contributed by atoms with van der Waals surface area (Å²) in [6.45, 7) is 1.87. The summed E-state index contributed by atoms with van der Waals surface area (Å²) in [5.74, 6) is -1.08. The van der Waals surface area contributed by atoms with Crippen LogP contribution in [0.5, 0.6) is 5.75 Å². The van der Waals surface area contributed by atoms with Gasteiger partial charge in [-0.3, -0.25) is 14.4 Å². The van der Waals surface area contributed by atoms with Gasteiger partial charge in [0.25, 0.3) is 0 Å². The highest BCUT2D eigenvalue weighted by molar-refractivity contribution is 8.03. The van der Waals surface area contributed by atoms with E-state index in [1.54, 1.807) is 13.0 Å². The second kappa shape index (κ2) is 9.78. The number of nitrogens with one attached hydrogen (secondary N) is 1. The van der Waals surface area contributed by atoms with Gasteiger partial charge in [-0.25, -0.2) is 0 Å². The Morgan fingerprint density at radius 1 is 1.37 bits per heavy atom. The summed E-state index contributed by atoms with van der Waals surface area (Å²) in [6, 6.07) is 9.35. The minimum atomic E-state index is -0.586. The number of ether oxygens (including phenoxy) is 2. The van der Waals surface area contributed by atoms with Gasteiger partial charge in [-0.2, -0.15) is 5.26 Å². The summed E-state index contributed by atoms with van der Waals surface area (Å²) in [4.78, 5) is 35.5. The number of thioether (sulfide) groups is 1. The number of allylic oxidation sites excluding steroid dienone is 1. The second-order valence-electron chi connectivity index (χ2n) is 5.71. The number of rotatable bonds is 8. The van der Waals surface area contributed by atoms with Gasteiger partial charge >= 0.3 is 5.97 Å². The zero-order chi connectivity index (χ0) is 19.8. The van der Waals surface area contributed by atoms with E-state index < -0.39 is 11.9 Å². The number of methoxy groups -OCH3 is 1. The minimum absolute atomic E-state index is 0.0434. The van der Waals surface area contributed by atoms with Crippen molar-refractivity contribution in [3.63, 3.8) is 0 Å². The molecule has 0 saturated heterocycles. The number of carbonyl (C=O) groups excluding carboxylic acids is 3. The van der Waals surface area contributed by atoms with Gasteiger partial charge in [-0.15, -0.1) is 0 Å². The van der Waals surface area contributed by atoms with Crippen LogP contribution in [0.4, 0.5) is 0 Å². The number of amides is 1. The van der Waals surface area contributed by atoms with E-state index in [0.717, 1.165) is 17.3 Å². The minimum Gasteiger partial charge on any atom is -0.496 e. The molecule has 7 nitrogen and oxygen atoms in total. The molecule has 1 amide bonds. The van der Waals surface area contributed by atoms with Gasteiger partial charge in [0.2, 0.25) is 5.91 Å². The predicted octanol–water partition coefficient (Wildman–Crippen LogP) is 2.29. The zero-order valence-electron chi connectivity index (χ0n) is 15.1. The molecule has 0 aliphatic carbocycles. The van der Waals surface area contributed by atoms with Gasteiger partial charge in [0.05, 0.1) is 36.1 Å². The standard InChI is InChI=1S/C19H20N2O5S/c1-3-26-18(24)8-12(22)11-27-19-15(10-20)14(9-17(23)21-19)13-6-4-5-7-16(13)25-2/h4-7,14H,3,8-9,11H2,1-2H3,(H,21,23)/t14-/m1/s1. The number of esters is 1. The van der Waals surface area contributed by atoms with Gasteiger partial charge in [0, 0.05) is 17.9 Å². The van der Waals surface area contributed by atoms with Gasteiger partial charge < -0.3 is 14.8 Å². The fourth-order valence-electron chi connectivity index (χ4n) is 2.73. The third-order valence-electron chi connectivity index (χ3n) is 3.89. The number of hydrogen-bond acceptors (Lipinski definition) is 7. The fourth-order valence-corrected chi connectivity index (χ4v) is 3.67. The number of benzene rings is 1. The van der Waals surface area contributed by atoms with Crippen molar-refractivity contribution >= 4 is 29.4 Å². The van der Waals surface area contributed by atoms with Crippen molar-refractivity contribution in [1.29, 1.82) is 5.26 Å². The lowest BCUT2D eigenvalue weighted by Crippen LogP contribution is -2.31. The molecule has 0 spiro atoms. The second-order valence-corrected chi connectivity index (χ2v) is 6.70. The van der Waals surface area contributed by atoms with E-state index in [0.29, 0.717) is 16.4 Å². The first-order valence-corrected chi connectivity index (χ1v) is 9.35. The maximum Gasteiger partial charge on any atom is 0.313 e. The molecule has 0 unspecified atom stereocenters. The molecule has 0 radical (unpaired) electrons. The maximum absolute atomic E-state index is 12.2. The highest BCUT2D eigenvalue weighted by Gasteiger charge is 2.31. The van der Waals surface area contributed by atoms with Crippen LogP contribution in [0.25, 0.3) is 0 Å². The van der Waals surface area contributed by atoms with Crippen molar-refractivity contribution in [3.05, 3.63) is 40.4 Å². The van der Waals surface area contributed by atoms with Crippen molar-refractivity contribution in [3.8, 4) is 11.8 Å². The average molecular weight is 388 g/mol. The molecule has 1 aliphatic heterocycles. The van der Waals surface area contributed by atoms with Gasteiger partial charge in [-0.1, -0.05) is 30.0 Å². The summed E-state index contributed by atoms with van der Waals surface area (Å²) in [7, 11) is 1.53. The van der Waals surface area contributed by atoms with Gasteiger partial charge in [0.1, 0.15) is 12.2 Å². The van der Waals surface area contributed by atoms with Crippen LogP contribution in [0.1, 0.15) is 31.2 Å². The Balaban J connectivity index is 2.21. The lowest BCUT2D eigenvalue weighted by Gasteiger charge is -2.26. The molecule has 1 N–H and O–H groups in total. The Bertz CT molecular complexity index is 813. The Labute approximate surface area is 161 Å². The van der Waals surface area contributed by atoms with E-state index in [1.807, 2.05) is 18.2 Å². The lowest BCUT2D eigenvalue weighted by molar-refractivity contribution is -0.145. The first-order valence-electron chi connectivity index (χ1n) is 8.37. The molecule has 0 aromatic heterocycles. The zero-order valence-corrected chi connectivity index (χ0v) is 15.9. The molecule has 8 heteroatoms. The molecule has 1 aromatic rings. The maximum atomic E-state index is 12.2. The van der Waals surface area contributed by atoms with Crippen molar-refractivity contribution in [2.24, 2.45) is 0 Å². The van der Waals surface area contributed by atoms with Crippen molar-refractivity contribution in [1.82, 2.24) is 5.32 Å². The predicted molar refractivity (Wildman–Crippen MR) is 99.8 cm³/mol. The molecule has 27 heavy (non-hydrogen) atoms. The number of nitrogens with zero attached hydrogens (tertiary/aromatic N) is 1. The number of ketones is 1. The molecule has 1 aliphatic rings. The lowest BCUT2D eigenvalue weighted by atomic mass is 9.86. The van der Waals surface area contributed by atoms with Crippen molar-refractivity contribution in [2.75, 3.05) is 19.5 Å². The smallest absolute Gasteiger partial charge is 0.313 e. The molecular formula is C19H20N2O5S. The molecule has 0 saturated carbocycles. The molecular weight excluding hydrogens is 368 g/mol. The average Bonchev–Trinajstić information content (AvgIpc) is 2.66. The molecule has 2 rings (SSSR count). The van der Waals surface area contributed by atoms with Crippen molar-refractivity contribution < 1.29 is 23.9 Å². The summed E-state index contributed by atoms with van der Waals surface area (Å²) >= 11 is 1.04. The van der Waals surface area contributed by atoms with Crippen LogP contribution in [-0.2, 0) is 19.1 Å². The van der Waals surface area contributed by atoms with Crippen LogP contribution in [-0.4, -0.2) is 37.1 Å². The highest BCUT2D eigenvalue weighted by atomic mass is 32.2. The first kappa shape index (κ1) is 20.5. The Hall–Kier alpha value is -2.79. The first-order chi connectivity index (χ1) is 13.0. The molecule has 1 heterocycles. The largest absolute Gasteiger partial charge is 0.496 e. The summed E-state index contributed by atoms with van der Waals surface area (Å²) < 4.78 is 10.1. The van der Waals surface area contributed by atoms with E-state index >= 15 is 0 Å².